The van der Waals surface area contributed by atoms with Crippen LogP contribution in [0.5, 0.6) is 0 Å². The van der Waals surface area contributed by atoms with Crippen LogP contribution in [-0.2, 0) is 22.1 Å². The summed E-state index contributed by atoms with van der Waals surface area (Å²) in [5.74, 6) is 0. The predicted molar refractivity (Wildman–Crippen MR) is 120 cm³/mol. The lowest BCUT2D eigenvalue weighted by Crippen LogP contribution is -2.47. The van der Waals surface area contributed by atoms with E-state index in [1.54, 1.807) is 35.5 Å². The zero-order valence-corrected chi connectivity index (χ0v) is 22.3. The highest BCUT2D eigenvalue weighted by molar-refractivity contribution is 6.86. The Morgan fingerprint density at radius 3 is 2.04 bits per heavy atom. The Hall–Kier alpha value is -0.0894. The first-order valence-electron chi connectivity index (χ1n) is 9.99. The van der Waals surface area contributed by atoms with Crippen LogP contribution in [0.3, 0.4) is 0 Å². The van der Waals surface area contributed by atoms with Crippen LogP contribution >= 0.6 is 0 Å². The third kappa shape index (κ3) is 7.97. The molecule has 166 valence electrons. The second kappa shape index (κ2) is 13.3. The molecule has 0 aromatic carbocycles. The molecular weight excluding hydrogens is 410 g/mol. The van der Waals surface area contributed by atoms with Crippen molar-refractivity contribution in [2.24, 2.45) is 0 Å². The third-order valence-corrected chi connectivity index (χ3v) is 15.3. The molecule has 8 nitrogen and oxygen atoms in total. The lowest BCUT2D eigenvalue weighted by Gasteiger charge is -2.34. The summed E-state index contributed by atoms with van der Waals surface area (Å²) < 4.78 is 28.1. The Morgan fingerprint density at radius 2 is 1.54 bits per heavy atom. The topological polar surface area (TPSA) is 64.7 Å². The lowest BCUT2D eigenvalue weighted by atomic mass is 10.3. The molecule has 0 bridgehead atoms. The lowest BCUT2D eigenvalue weighted by molar-refractivity contribution is 0.123. The summed E-state index contributed by atoms with van der Waals surface area (Å²) in [7, 11) is 5.48. The van der Waals surface area contributed by atoms with Crippen molar-refractivity contribution in [3.8, 4) is 0 Å². The molecule has 1 fully saturated rings. The van der Waals surface area contributed by atoms with Crippen LogP contribution < -0.4 is 5.32 Å². The number of piperazine rings is 1. The van der Waals surface area contributed by atoms with E-state index in [2.05, 4.69) is 34.9 Å². The summed E-state index contributed by atoms with van der Waals surface area (Å²) in [6.45, 7) is 7.42. The van der Waals surface area contributed by atoms with Gasteiger partial charge in [0.25, 0.3) is 0 Å². The van der Waals surface area contributed by atoms with E-state index in [1.807, 2.05) is 0 Å². The quantitative estimate of drug-likeness (QED) is 0.292. The molecular formula is C17H41N3O5Si3. The van der Waals surface area contributed by atoms with Crippen molar-refractivity contribution < 1.29 is 22.1 Å². The van der Waals surface area contributed by atoms with Gasteiger partial charge in [0.15, 0.2) is 0 Å². The SMILES string of the molecule is CO[Si](CCCNC[SiH2]C(=CN1CCN(C)CC1)[Si](C)(OC)OC)(OC)OC. The van der Waals surface area contributed by atoms with Gasteiger partial charge in [-0.05, 0) is 43.7 Å². The predicted octanol–water partition coefficient (Wildman–Crippen LogP) is -0.0367. The maximum atomic E-state index is 5.85. The van der Waals surface area contributed by atoms with E-state index in [-0.39, 0.29) is 0 Å². The Balaban J connectivity index is 2.54. The van der Waals surface area contributed by atoms with Crippen molar-refractivity contribution in [3.05, 3.63) is 11.0 Å². The molecule has 0 amide bonds. The molecule has 0 saturated carbocycles. The van der Waals surface area contributed by atoms with E-state index in [4.69, 9.17) is 22.1 Å². The molecule has 1 saturated heterocycles. The van der Waals surface area contributed by atoms with E-state index in [1.165, 1.54) is 4.82 Å². The van der Waals surface area contributed by atoms with Gasteiger partial charge in [-0.2, -0.15) is 0 Å². The van der Waals surface area contributed by atoms with Gasteiger partial charge >= 0.3 is 17.4 Å². The van der Waals surface area contributed by atoms with Crippen molar-refractivity contribution in [2.45, 2.75) is 19.0 Å². The average Bonchev–Trinajstić information content (AvgIpc) is 2.73. The first kappa shape index (κ1) is 25.9. The average molecular weight is 452 g/mol. The minimum atomic E-state index is -2.46. The van der Waals surface area contributed by atoms with Crippen molar-refractivity contribution in [1.82, 2.24) is 15.1 Å². The molecule has 1 rings (SSSR count). The minimum absolute atomic E-state index is 0.513. The zero-order valence-electron chi connectivity index (χ0n) is 18.9. The first-order valence-corrected chi connectivity index (χ1v) is 15.9. The Bertz CT molecular complexity index is 449. The van der Waals surface area contributed by atoms with Crippen LogP contribution in [-0.4, -0.2) is 118 Å². The van der Waals surface area contributed by atoms with Crippen LogP contribution in [0.2, 0.25) is 12.6 Å². The molecule has 0 radical (unpaired) electrons. The second-order valence-electron chi connectivity index (χ2n) is 7.25. The highest BCUT2D eigenvalue weighted by Gasteiger charge is 2.37. The standard InChI is InChI=1S/C17H41N3O5Si3/c1-19-10-12-20(13-11-19)15-17(27(7,21-2)22-3)26-16-18-9-8-14-28(23-4,24-5)25-6/h15,18H,8-14,16,26H2,1-7H3. The summed E-state index contributed by atoms with van der Waals surface area (Å²) >= 11 is 0. The number of nitrogens with one attached hydrogen (secondary N) is 1. The minimum Gasteiger partial charge on any atom is -0.395 e. The van der Waals surface area contributed by atoms with Crippen LogP contribution in [0.15, 0.2) is 11.0 Å². The van der Waals surface area contributed by atoms with Crippen LogP contribution in [0.25, 0.3) is 0 Å². The fourth-order valence-electron chi connectivity index (χ4n) is 3.26. The van der Waals surface area contributed by atoms with Gasteiger partial charge in [0.05, 0.1) is 9.52 Å². The van der Waals surface area contributed by atoms with Gasteiger partial charge in [-0.25, -0.2) is 0 Å². The Morgan fingerprint density at radius 1 is 0.964 bits per heavy atom. The van der Waals surface area contributed by atoms with E-state index < -0.39 is 26.9 Å². The van der Waals surface area contributed by atoms with Crippen LogP contribution in [0.4, 0.5) is 0 Å². The summed E-state index contributed by atoms with van der Waals surface area (Å²) in [5.41, 5.74) is 0. The van der Waals surface area contributed by atoms with Crippen molar-refractivity contribution in [3.63, 3.8) is 0 Å². The number of rotatable bonds is 14. The third-order valence-electron chi connectivity index (χ3n) is 5.58. The van der Waals surface area contributed by atoms with Gasteiger partial charge < -0.3 is 37.2 Å². The van der Waals surface area contributed by atoms with Gasteiger partial charge in [-0.3, -0.25) is 0 Å². The maximum Gasteiger partial charge on any atom is 0.500 e. The number of hydrogen-bond acceptors (Lipinski definition) is 8. The van der Waals surface area contributed by atoms with Gasteiger partial charge in [-0.15, -0.1) is 0 Å². The van der Waals surface area contributed by atoms with Crippen LogP contribution in [0.1, 0.15) is 6.42 Å². The van der Waals surface area contributed by atoms with Crippen molar-refractivity contribution in [1.29, 1.82) is 0 Å². The second-order valence-corrected chi connectivity index (χ2v) is 16.2. The molecule has 1 aliphatic rings. The normalized spacial score (nSPS) is 17.8. The fourth-order valence-corrected chi connectivity index (χ4v) is 10.2. The molecule has 0 aromatic heterocycles. The zero-order chi connectivity index (χ0) is 21.0. The highest BCUT2D eigenvalue weighted by Crippen LogP contribution is 2.17. The highest BCUT2D eigenvalue weighted by atomic mass is 28.4. The summed E-state index contributed by atoms with van der Waals surface area (Å²) in [5, 5.41) is 3.59. The van der Waals surface area contributed by atoms with Crippen LogP contribution in [0, 0.1) is 0 Å². The molecule has 0 aliphatic carbocycles. The Labute approximate surface area is 175 Å². The Kier molecular flexibility index (Phi) is 12.3. The first-order chi connectivity index (χ1) is 13.4. The molecule has 1 aliphatic heterocycles. The van der Waals surface area contributed by atoms with E-state index >= 15 is 0 Å². The molecule has 0 atom stereocenters. The van der Waals surface area contributed by atoms with E-state index in [0.29, 0.717) is 0 Å². The van der Waals surface area contributed by atoms with E-state index in [0.717, 1.165) is 51.4 Å². The maximum absolute atomic E-state index is 5.85. The fraction of sp³-hybridized carbons (Fsp3) is 0.882. The van der Waals surface area contributed by atoms with Gasteiger partial charge in [0.2, 0.25) is 0 Å². The largest absolute Gasteiger partial charge is 0.500 e. The monoisotopic (exact) mass is 451 g/mol. The summed E-state index contributed by atoms with van der Waals surface area (Å²) in [4.78, 5) is 6.22. The van der Waals surface area contributed by atoms with Crippen molar-refractivity contribution in [2.75, 3.05) is 81.5 Å². The smallest absolute Gasteiger partial charge is 0.395 e. The molecule has 1 heterocycles. The van der Waals surface area contributed by atoms with Gasteiger partial charge in [-0.1, -0.05) is 0 Å². The number of hydrogen-bond donors (Lipinski definition) is 1. The van der Waals surface area contributed by atoms with Gasteiger partial charge in [0.1, 0.15) is 0 Å². The summed E-state index contributed by atoms with van der Waals surface area (Å²) in [6, 6.07) is 0.817. The van der Waals surface area contributed by atoms with Crippen molar-refractivity contribution >= 4 is 26.9 Å². The van der Waals surface area contributed by atoms with Gasteiger partial charge in [0, 0.05) is 67.8 Å². The molecule has 1 N–H and O–H groups in total. The molecule has 0 spiro atoms. The molecule has 0 unspecified atom stereocenters. The number of nitrogens with zero attached hydrogens (tertiary/aromatic N) is 2. The molecule has 0 aromatic rings. The summed E-state index contributed by atoms with van der Waals surface area (Å²) in [6.07, 6.45) is 4.34. The van der Waals surface area contributed by atoms with E-state index in [9.17, 15) is 0 Å². The molecule has 11 heteroatoms. The molecule has 28 heavy (non-hydrogen) atoms. The number of likely N-dealkylation sites (N-methyl/N-ethyl adjacent to an activating group) is 1.